The van der Waals surface area contributed by atoms with Crippen molar-refractivity contribution in [3.05, 3.63) is 46.5 Å². The molecule has 0 saturated carbocycles. The third-order valence-electron chi connectivity index (χ3n) is 3.35. The summed E-state index contributed by atoms with van der Waals surface area (Å²) >= 11 is 1.72. The number of anilines is 1. The lowest BCUT2D eigenvalue weighted by molar-refractivity contribution is 0.802. The lowest BCUT2D eigenvalue weighted by Crippen LogP contribution is -2.20. The van der Waals surface area contributed by atoms with Gasteiger partial charge in [-0.3, -0.25) is 0 Å². The molecule has 0 atom stereocenters. The minimum atomic E-state index is 0.432. The molecule has 1 aromatic carbocycles. The molecule has 3 nitrogen and oxygen atoms in total. The van der Waals surface area contributed by atoms with E-state index < -0.39 is 0 Å². The first kappa shape index (κ1) is 15.0. The Bertz CT molecular complexity index is 534. The third-order valence-corrected chi connectivity index (χ3v) is 4.56. The van der Waals surface area contributed by atoms with E-state index in [4.69, 9.17) is 10.7 Å². The van der Waals surface area contributed by atoms with Crippen LogP contribution in [0.15, 0.2) is 30.3 Å². The van der Waals surface area contributed by atoms with Crippen LogP contribution in [0.4, 0.5) is 5.13 Å². The van der Waals surface area contributed by atoms with E-state index >= 15 is 0 Å². The molecular formula is C16H23N3S. The van der Waals surface area contributed by atoms with Gasteiger partial charge in [-0.1, -0.05) is 44.2 Å². The van der Waals surface area contributed by atoms with Crippen LogP contribution in [0.1, 0.15) is 35.9 Å². The molecule has 2 aromatic rings. The maximum atomic E-state index is 5.82. The molecule has 20 heavy (non-hydrogen) atoms. The summed E-state index contributed by atoms with van der Waals surface area (Å²) in [4.78, 5) is 8.19. The summed E-state index contributed by atoms with van der Waals surface area (Å²) in [7, 11) is 2.10. The fraction of sp³-hybridized carbons (Fsp3) is 0.438. The Hall–Kier alpha value is -1.39. The maximum Gasteiger partial charge on any atom is 0.185 e. The largest absolute Gasteiger partial charge is 0.351 e. The first-order valence-electron chi connectivity index (χ1n) is 7.06. The van der Waals surface area contributed by atoms with Gasteiger partial charge in [-0.15, -0.1) is 11.3 Å². The summed E-state index contributed by atoms with van der Waals surface area (Å²) in [6.45, 7) is 5.89. The van der Waals surface area contributed by atoms with Gasteiger partial charge in [-0.05, 0) is 17.9 Å². The van der Waals surface area contributed by atoms with Gasteiger partial charge in [0.25, 0.3) is 0 Å². The zero-order valence-electron chi connectivity index (χ0n) is 12.5. The van der Waals surface area contributed by atoms with E-state index in [0.29, 0.717) is 12.5 Å². The Kier molecular flexibility index (Phi) is 5.15. The number of nitrogens with two attached hydrogens (primary N) is 1. The number of benzene rings is 1. The normalized spacial score (nSPS) is 11.1. The predicted molar refractivity (Wildman–Crippen MR) is 87.5 cm³/mol. The number of rotatable bonds is 6. The van der Waals surface area contributed by atoms with Crippen molar-refractivity contribution in [2.24, 2.45) is 5.73 Å². The first-order chi connectivity index (χ1) is 9.61. The smallest absolute Gasteiger partial charge is 0.185 e. The van der Waals surface area contributed by atoms with Crippen molar-refractivity contribution in [3.63, 3.8) is 0 Å². The summed E-state index contributed by atoms with van der Waals surface area (Å²) in [5.74, 6) is 0.432. The highest BCUT2D eigenvalue weighted by Crippen LogP contribution is 2.29. The summed E-state index contributed by atoms with van der Waals surface area (Å²) < 4.78 is 0. The van der Waals surface area contributed by atoms with Crippen LogP contribution in [0, 0.1) is 0 Å². The Morgan fingerprint density at radius 2 is 1.95 bits per heavy atom. The lowest BCUT2D eigenvalue weighted by atomic mass is 10.1. The van der Waals surface area contributed by atoms with Gasteiger partial charge in [0.15, 0.2) is 5.13 Å². The summed E-state index contributed by atoms with van der Waals surface area (Å²) in [5.41, 5.74) is 8.33. The Balaban J connectivity index is 2.04. The molecule has 0 unspecified atom stereocenters. The van der Waals surface area contributed by atoms with Gasteiger partial charge in [-0.25, -0.2) is 4.98 Å². The molecule has 1 aromatic heterocycles. The SMILES string of the molecule is CC(C)c1nc(N(C)CCc2ccccc2)sc1CN. The zero-order valence-corrected chi connectivity index (χ0v) is 13.3. The number of thiazole rings is 1. The van der Waals surface area contributed by atoms with Crippen LogP contribution >= 0.6 is 11.3 Å². The van der Waals surface area contributed by atoms with Crippen molar-refractivity contribution < 1.29 is 0 Å². The van der Waals surface area contributed by atoms with Crippen molar-refractivity contribution in [1.82, 2.24) is 4.98 Å². The van der Waals surface area contributed by atoms with Crippen molar-refractivity contribution in [3.8, 4) is 0 Å². The van der Waals surface area contributed by atoms with E-state index in [1.165, 1.54) is 10.4 Å². The number of hydrogen-bond donors (Lipinski definition) is 1. The summed E-state index contributed by atoms with van der Waals surface area (Å²) in [6, 6.07) is 10.6. The highest BCUT2D eigenvalue weighted by atomic mass is 32.1. The molecule has 4 heteroatoms. The van der Waals surface area contributed by atoms with E-state index in [2.05, 4.69) is 56.1 Å². The molecular weight excluding hydrogens is 266 g/mol. The standard InChI is InChI=1S/C16H23N3S/c1-12(2)15-14(11-17)20-16(18-15)19(3)10-9-13-7-5-4-6-8-13/h4-8,12H,9-11,17H2,1-3H3. The van der Waals surface area contributed by atoms with Crippen LogP contribution < -0.4 is 10.6 Å². The van der Waals surface area contributed by atoms with Gasteiger partial charge in [0, 0.05) is 25.0 Å². The molecule has 108 valence electrons. The van der Waals surface area contributed by atoms with E-state index in [-0.39, 0.29) is 0 Å². The second-order valence-corrected chi connectivity index (χ2v) is 6.38. The summed E-state index contributed by atoms with van der Waals surface area (Å²) in [5, 5.41) is 1.07. The monoisotopic (exact) mass is 289 g/mol. The minimum absolute atomic E-state index is 0.432. The van der Waals surface area contributed by atoms with E-state index in [9.17, 15) is 0 Å². The molecule has 0 aliphatic rings. The fourth-order valence-electron chi connectivity index (χ4n) is 2.15. The highest BCUT2D eigenvalue weighted by molar-refractivity contribution is 7.15. The van der Waals surface area contributed by atoms with Crippen molar-refractivity contribution in [1.29, 1.82) is 0 Å². The van der Waals surface area contributed by atoms with Crippen molar-refractivity contribution in [2.75, 3.05) is 18.5 Å². The average Bonchev–Trinajstić information content (AvgIpc) is 2.90. The molecule has 0 amide bonds. The lowest BCUT2D eigenvalue weighted by Gasteiger charge is -2.15. The first-order valence-corrected chi connectivity index (χ1v) is 7.88. The molecule has 0 radical (unpaired) electrons. The van der Waals surface area contributed by atoms with Gasteiger partial charge in [0.2, 0.25) is 0 Å². The van der Waals surface area contributed by atoms with E-state index in [1.54, 1.807) is 11.3 Å². The van der Waals surface area contributed by atoms with Crippen LogP contribution in [0.2, 0.25) is 0 Å². The highest BCUT2D eigenvalue weighted by Gasteiger charge is 2.15. The predicted octanol–water partition coefficient (Wildman–Crippen LogP) is 3.40. The molecule has 2 rings (SSSR count). The van der Waals surface area contributed by atoms with Gasteiger partial charge < -0.3 is 10.6 Å². The van der Waals surface area contributed by atoms with Crippen LogP contribution in [-0.4, -0.2) is 18.6 Å². The van der Waals surface area contributed by atoms with Gasteiger partial charge in [0.1, 0.15) is 0 Å². The minimum Gasteiger partial charge on any atom is -0.351 e. The third kappa shape index (κ3) is 3.58. The number of hydrogen-bond acceptors (Lipinski definition) is 4. The van der Waals surface area contributed by atoms with Gasteiger partial charge in [0.05, 0.1) is 5.69 Å². The molecule has 0 bridgehead atoms. The molecule has 0 saturated heterocycles. The molecule has 0 fully saturated rings. The van der Waals surface area contributed by atoms with Crippen LogP contribution in [-0.2, 0) is 13.0 Å². The summed E-state index contributed by atoms with van der Waals surface area (Å²) in [6.07, 6.45) is 1.03. The second-order valence-electron chi connectivity index (χ2n) is 5.32. The Labute approximate surface area is 125 Å². The quantitative estimate of drug-likeness (QED) is 0.886. The Morgan fingerprint density at radius 1 is 1.25 bits per heavy atom. The van der Waals surface area contributed by atoms with Crippen LogP contribution in [0.25, 0.3) is 0 Å². The van der Waals surface area contributed by atoms with Crippen LogP contribution in [0.5, 0.6) is 0 Å². The number of aromatic nitrogens is 1. The molecule has 0 aliphatic carbocycles. The van der Waals surface area contributed by atoms with E-state index in [0.717, 1.165) is 23.8 Å². The molecule has 1 heterocycles. The molecule has 2 N–H and O–H groups in total. The van der Waals surface area contributed by atoms with Gasteiger partial charge in [-0.2, -0.15) is 0 Å². The topological polar surface area (TPSA) is 42.2 Å². The number of nitrogens with zero attached hydrogens (tertiary/aromatic N) is 2. The Morgan fingerprint density at radius 3 is 2.50 bits per heavy atom. The van der Waals surface area contributed by atoms with E-state index in [1.807, 2.05) is 0 Å². The molecule has 0 spiro atoms. The van der Waals surface area contributed by atoms with Crippen molar-refractivity contribution >= 4 is 16.5 Å². The van der Waals surface area contributed by atoms with Gasteiger partial charge >= 0.3 is 0 Å². The van der Waals surface area contributed by atoms with Crippen molar-refractivity contribution in [2.45, 2.75) is 32.7 Å². The fourth-order valence-corrected chi connectivity index (χ4v) is 3.23. The number of likely N-dealkylation sites (N-methyl/N-ethyl adjacent to an activating group) is 1. The maximum absolute atomic E-state index is 5.82. The average molecular weight is 289 g/mol. The van der Waals surface area contributed by atoms with Crippen LogP contribution in [0.3, 0.4) is 0 Å². The second kappa shape index (κ2) is 6.86. The molecule has 0 aliphatic heterocycles. The zero-order chi connectivity index (χ0) is 14.5.